The first-order valence-corrected chi connectivity index (χ1v) is 26.9. The Hall–Kier alpha value is -1.55. The zero-order valence-corrected chi connectivity index (χ0v) is 38.1. The fourth-order valence-electron chi connectivity index (χ4n) is 12.9. The molecule has 12 atom stereocenters. The van der Waals surface area contributed by atoms with Crippen LogP contribution in [0.1, 0.15) is 114 Å². The van der Waals surface area contributed by atoms with Crippen molar-refractivity contribution in [3.8, 4) is 0 Å². The van der Waals surface area contributed by atoms with E-state index in [9.17, 15) is 10.2 Å². The molecule has 6 heteroatoms. The number of benzene rings is 2. The minimum atomic E-state index is -2.54. The lowest BCUT2D eigenvalue weighted by molar-refractivity contribution is -0.239. The molecule has 4 fully saturated rings. The van der Waals surface area contributed by atoms with Gasteiger partial charge < -0.3 is 19.1 Å². The number of hydrogen-bond donors (Lipinski definition) is 2. The molecule has 0 aromatic heterocycles. The Kier molecular flexibility index (Phi) is 11.9. The van der Waals surface area contributed by atoms with E-state index < -0.39 is 22.7 Å². The smallest absolute Gasteiger partial charge is 0.252 e. The topological polar surface area (TPSA) is 58.9 Å². The summed E-state index contributed by atoms with van der Waals surface area (Å²) in [6.45, 7) is 29.3. The van der Waals surface area contributed by atoms with Gasteiger partial charge in [0.2, 0.25) is 0 Å². The molecule has 4 nitrogen and oxygen atoms in total. The van der Waals surface area contributed by atoms with Crippen LogP contribution in [0.15, 0.2) is 72.3 Å². The predicted octanol–water partition coefficient (Wildman–Crippen LogP) is 10.4. The molecule has 0 radical (unpaired) electrons. The molecule has 0 bridgehead atoms. The van der Waals surface area contributed by atoms with Gasteiger partial charge in [0.05, 0.1) is 12.2 Å². The Morgan fingerprint density at radius 3 is 2.00 bits per heavy atom. The quantitative estimate of drug-likeness (QED) is 0.176. The Morgan fingerprint density at radius 1 is 0.852 bits per heavy atom. The van der Waals surface area contributed by atoms with Gasteiger partial charge in [-0.3, -0.25) is 0 Å². The molecule has 6 rings (SSSR count). The van der Waals surface area contributed by atoms with Crippen LogP contribution in [-0.4, -0.2) is 51.8 Å². The Balaban J connectivity index is 1.30. The van der Waals surface area contributed by atoms with Crippen molar-refractivity contribution in [3.05, 3.63) is 72.3 Å². The average molecular weight is 773 g/mol. The highest BCUT2D eigenvalue weighted by Crippen LogP contribution is 2.74. The van der Waals surface area contributed by atoms with Crippen LogP contribution in [0.25, 0.3) is 0 Å². The number of aliphatic hydroxyl groups excluding tert-OH is 2. The van der Waals surface area contributed by atoms with Gasteiger partial charge in [-0.25, -0.2) is 0 Å². The maximum absolute atomic E-state index is 12.6. The molecule has 4 aliphatic rings. The molecule has 2 aromatic carbocycles. The van der Waals surface area contributed by atoms with Gasteiger partial charge in [-0.1, -0.05) is 121 Å². The molecule has 2 unspecified atom stereocenters. The number of rotatable bonds is 11. The second-order valence-electron chi connectivity index (χ2n) is 21.2. The molecular formula is C48H76O4Si2. The van der Waals surface area contributed by atoms with Gasteiger partial charge in [-0.2, -0.15) is 0 Å². The van der Waals surface area contributed by atoms with E-state index in [4.69, 9.17) is 8.85 Å². The van der Waals surface area contributed by atoms with E-state index in [0.29, 0.717) is 24.5 Å². The normalized spacial score (nSPS) is 37.5. The lowest BCUT2D eigenvalue weighted by atomic mass is 9.36. The van der Waals surface area contributed by atoms with Gasteiger partial charge in [0.25, 0.3) is 8.32 Å². The van der Waals surface area contributed by atoms with Crippen LogP contribution < -0.4 is 10.4 Å². The Bertz CT molecular complexity index is 1560. The Labute approximate surface area is 332 Å². The summed E-state index contributed by atoms with van der Waals surface area (Å²) < 4.78 is 14.5. The van der Waals surface area contributed by atoms with E-state index in [1.54, 1.807) is 0 Å². The standard InChI is InChI=1S/C48H76O4Si2/c1-33(2)20-19-21-35(32-51-54(12,36-22-15-13-16-23-36)37-24-17-14-18-25-37)43-39-30-40(49)44-46(7)28-27-42(52-53(10,11)45(4,5)6)34(3)38(46)26-29-47(44,8)48(39,9)31-41(43)50/h13-18,20,22-25,34-35,38-44,49-50H,19,21,26-32H2,1-12H3/t34-,35+,38?,39?,40+,41-,42+,43+,44-,46-,47-,48-/m0/s1. The molecule has 300 valence electrons. The molecule has 4 aliphatic carbocycles. The molecule has 0 amide bonds. The third kappa shape index (κ3) is 7.25. The van der Waals surface area contributed by atoms with Gasteiger partial charge >= 0.3 is 0 Å². The summed E-state index contributed by atoms with van der Waals surface area (Å²) in [5.74, 6) is 1.78. The first kappa shape index (κ1) is 42.1. The first-order valence-electron chi connectivity index (χ1n) is 21.6. The van der Waals surface area contributed by atoms with E-state index in [1.165, 1.54) is 22.4 Å². The van der Waals surface area contributed by atoms with E-state index in [0.717, 1.165) is 44.9 Å². The first-order chi connectivity index (χ1) is 25.2. The van der Waals surface area contributed by atoms with Crippen molar-refractivity contribution in [2.24, 2.45) is 51.8 Å². The molecule has 54 heavy (non-hydrogen) atoms. The highest BCUT2D eigenvalue weighted by atomic mass is 28.4. The summed E-state index contributed by atoms with van der Waals surface area (Å²) >= 11 is 0. The van der Waals surface area contributed by atoms with Crippen LogP contribution in [0.4, 0.5) is 0 Å². The minimum absolute atomic E-state index is 0.0498. The molecule has 0 saturated heterocycles. The maximum Gasteiger partial charge on any atom is 0.252 e. The largest absolute Gasteiger partial charge is 0.414 e. The summed E-state index contributed by atoms with van der Waals surface area (Å²) in [5, 5.41) is 27.8. The van der Waals surface area contributed by atoms with Crippen molar-refractivity contribution in [3.63, 3.8) is 0 Å². The van der Waals surface area contributed by atoms with Crippen LogP contribution in [-0.2, 0) is 8.85 Å². The van der Waals surface area contributed by atoms with Crippen LogP contribution in [0.3, 0.4) is 0 Å². The van der Waals surface area contributed by atoms with Crippen molar-refractivity contribution in [2.75, 3.05) is 6.61 Å². The third-order valence-electron chi connectivity index (χ3n) is 17.1. The highest BCUT2D eigenvalue weighted by molar-refractivity contribution is 6.96. The van der Waals surface area contributed by atoms with Crippen molar-refractivity contribution in [1.82, 2.24) is 0 Å². The Morgan fingerprint density at radius 2 is 1.44 bits per heavy atom. The molecule has 2 aromatic rings. The number of allylic oxidation sites excluding steroid dienone is 2. The SMILES string of the molecule is CC(C)=CCC[C@H](CO[Si](C)(c1ccccc1)c1ccccc1)[C@@H]1C2C[C@@H](O)[C@H]3[C@@]4(C)CC[C@@H](O[Si](C)(C)C(C)(C)C)[C@@H](C)C4CC[C@]3(C)[C@@]2(C)C[C@@H]1O. The predicted molar refractivity (Wildman–Crippen MR) is 231 cm³/mol. The van der Waals surface area contributed by atoms with Crippen LogP contribution >= 0.6 is 0 Å². The zero-order chi connectivity index (χ0) is 39.5. The van der Waals surface area contributed by atoms with Crippen molar-refractivity contribution >= 4 is 27.0 Å². The minimum Gasteiger partial charge on any atom is -0.414 e. The van der Waals surface area contributed by atoms with Gasteiger partial charge in [0, 0.05) is 12.7 Å². The maximum atomic E-state index is 12.6. The molecular weight excluding hydrogens is 697 g/mol. The fourth-order valence-corrected chi connectivity index (χ4v) is 17.2. The highest BCUT2D eigenvalue weighted by Gasteiger charge is 2.71. The van der Waals surface area contributed by atoms with Crippen LogP contribution in [0, 0.1) is 51.8 Å². The summed E-state index contributed by atoms with van der Waals surface area (Å²) in [6, 6.07) is 21.7. The van der Waals surface area contributed by atoms with Crippen LogP contribution in [0.5, 0.6) is 0 Å². The van der Waals surface area contributed by atoms with E-state index >= 15 is 0 Å². The lowest BCUT2D eigenvalue weighted by Crippen LogP contribution is -2.66. The van der Waals surface area contributed by atoms with Gasteiger partial charge in [-0.05, 0) is 152 Å². The molecule has 2 N–H and O–H groups in total. The summed E-state index contributed by atoms with van der Waals surface area (Å²) in [4.78, 5) is 0. The van der Waals surface area contributed by atoms with Crippen molar-refractivity contribution < 1.29 is 19.1 Å². The van der Waals surface area contributed by atoms with Gasteiger partial charge in [0.15, 0.2) is 8.32 Å². The van der Waals surface area contributed by atoms with Crippen molar-refractivity contribution in [2.45, 2.75) is 157 Å². The van der Waals surface area contributed by atoms with Gasteiger partial charge in [0.1, 0.15) is 0 Å². The van der Waals surface area contributed by atoms with Crippen LogP contribution in [0.2, 0.25) is 24.7 Å². The lowest BCUT2D eigenvalue weighted by Gasteiger charge is -2.69. The zero-order valence-electron chi connectivity index (χ0n) is 36.1. The third-order valence-corrected chi connectivity index (χ3v) is 25.2. The van der Waals surface area contributed by atoms with Crippen molar-refractivity contribution in [1.29, 1.82) is 0 Å². The second kappa shape index (κ2) is 15.3. The average Bonchev–Trinajstić information content (AvgIpc) is 3.37. The monoisotopic (exact) mass is 773 g/mol. The molecule has 4 saturated carbocycles. The summed E-state index contributed by atoms with van der Waals surface area (Å²) in [6.07, 6.45) is 9.96. The van der Waals surface area contributed by atoms with E-state index in [-0.39, 0.29) is 51.1 Å². The fraction of sp³-hybridized carbons (Fsp3) is 0.708. The summed E-state index contributed by atoms with van der Waals surface area (Å²) in [7, 11) is -4.43. The molecule has 0 heterocycles. The number of fused-ring (bicyclic) bond motifs is 5. The molecule has 0 aliphatic heterocycles. The second-order valence-corrected chi connectivity index (χ2v) is 29.5. The number of hydrogen-bond acceptors (Lipinski definition) is 4. The van der Waals surface area contributed by atoms with E-state index in [1.807, 2.05) is 0 Å². The van der Waals surface area contributed by atoms with Gasteiger partial charge in [-0.15, -0.1) is 0 Å². The molecule has 0 spiro atoms. The van der Waals surface area contributed by atoms with E-state index in [2.05, 4.69) is 149 Å². The number of aliphatic hydroxyl groups is 2. The summed E-state index contributed by atoms with van der Waals surface area (Å²) in [5.41, 5.74) is 1.29.